The van der Waals surface area contributed by atoms with Crippen LogP contribution in [0.15, 0.2) is 36.7 Å². The molecule has 0 bridgehead atoms. The Balaban J connectivity index is 2.42. The van der Waals surface area contributed by atoms with E-state index < -0.39 is 0 Å². The fourth-order valence-corrected chi connectivity index (χ4v) is 1.53. The van der Waals surface area contributed by atoms with Crippen molar-refractivity contribution in [2.75, 3.05) is 0 Å². The maximum absolute atomic E-state index is 12.0. The highest BCUT2D eigenvalue weighted by molar-refractivity contribution is 6.07. The number of rotatable bonds is 3. The van der Waals surface area contributed by atoms with Gasteiger partial charge in [-0.05, 0) is 30.2 Å². The van der Waals surface area contributed by atoms with Crippen LogP contribution in [-0.2, 0) is 6.42 Å². The van der Waals surface area contributed by atoms with Gasteiger partial charge in [-0.15, -0.1) is 0 Å². The van der Waals surface area contributed by atoms with Gasteiger partial charge in [0.15, 0.2) is 0 Å². The molecule has 0 aliphatic carbocycles. The van der Waals surface area contributed by atoms with E-state index in [1.807, 2.05) is 25.1 Å². The molecule has 2 aromatic heterocycles. The van der Waals surface area contributed by atoms with E-state index in [0.29, 0.717) is 11.4 Å². The topological polar surface area (TPSA) is 45.8 Å². The molecule has 0 radical (unpaired) electrons. The summed E-state index contributed by atoms with van der Waals surface area (Å²) in [6.45, 7) is 2.02. The Morgan fingerprint density at radius 3 is 2.93 bits per heavy atom. The lowest BCUT2D eigenvalue weighted by atomic mass is 10.1. The van der Waals surface area contributed by atoms with E-state index in [1.54, 1.807) is 18.5 Å². The lowest BCUT2D eigenvalue weighted by Gasteiger charge is -2.03. The summed E-state index contributed by atoms with van der Waals surface area (Å²) < 4.78 is 0. The Hall–Kier alpha value is -1.90. The third-order valence-corrected chi connectivity index (χ3v) is 2.33. The summed E-state index contributed by atoms with van der Waals surface area (Å²) in [6.07, 6.45) is 4.20. The number of ketones is 1. The van der Waals surface area contributed by atoms with Crippen molar-refractivity contribution in [3.63, 3.8) is 0 Å². The average Bonchev–Trinajstić information content (AvgIpc) is 2.81. The summed E-state index contributed by atoms with van der Waals surface area (Å²) in [5, 5.41) is 0. The highest BCUT2D eigenvalue weighted by Crippen LogP contribution is 2.11. The summed E-state index contributed by atoms with van der Waals surface area (Å²) in [5.41, 5.74) is 2.11. The Morgan fingerprint density at radius 1 is 1.40 bits per heavy atom. The number of hydrogen-bond acceptors (Lipinski definition) is 2. The quantitative estimate of drug-likeness (QED) is 0.772. The molecule has 0 atom stereocenters. The molecule has 76 valence electrons. The summed E-state index contributed by atoms with van der Waals surface area (Å²) in [6, 6.07) is 7.35. The van der Waals surface area contributed by atoms with Gasteiger partial charge in [-0.3, -0.25) is 9.78 Å². The van der Waals surface area contributed by atoms with Crippen molar-refractivity contribution >= 4 is 5.78 Å². The zero-order valence-electron chi connectivity index (χ0n) is 8.53. The van der Waals surface area contributed by atoms with Gasteiger partial charge in [0.25, 0.3) is 0 Å². The lowest BCUT2D eigenvalue weighted by molar-refractivity contribution is 0.102. The highest BCUT2D eigenvalue weighted by atomic mass is 16.1. The fraction of sp³-hybridized carbons (Fsp3) is 0.167. The van der Waals surface area contributed by atoms with Crippen LogP contribution in [0.1, 0.15) is 28.7 Å². The Morgan fingerprint density at radius 2 is 2.27 bits per heavy atom. The first kappa shape index (κ1) is 9.65. The number of pyridine rings is 1. The zero-order chi connectivity index (χ0) is 10.7. The van der Waals surface area contributed by atoms with Crippen LogP contribution in [0.5, 0.6) is 0 Å². The van der Waals surface area contributed by atoms with Crippen molar-refractivity contribution in [2.45, 2.75) is 13.3 Å². The van der Waals surface area contributed by atoms with Crippen LogP contribution in [-0.4, -0.2) is 15.8 Å². The van der Waals surface area contributed by atoms with Gasteiger partial charge < -0.3 is 4.98 Å². The third kappa shape index (κ3) is 1.81. The van der Waals surface area contributed by atoms with E-state index in [2.05, 4.69) is 9.97 Å². The molecule has 0 aliphatic rings. The fourth-order valence-electron chi connectivity index (χ4n) is 1.53. The van der Waals surface area contributed by atoms with Crippen molar-refractivity contribution in [1.29, 1.82) is 0 Å². The number of H-pyrrole nitrogens is 1. The molecule has 1 N–H and O–H groups in total. The van der Waals surface area contributed by atoms with E-state index in [-0.39, 0.29) is 5.78 Å². The van der Waals surface area contributed by atoms with Crippen LogP contribution in [0.2, 0.25) is 0 Å². The molecule has 3 nitrogen and oxygen atoms in total. The monoisotopic (exact) mass is 200 g/mol. The van der Waals surface area contributed by atoms with Crippen LogP contribution in [0.3, 0.4) is 0 Å². The molecule has 2 aromatic rings. The lowest BCUT2D eigenvalue weighted by Crippen LogP contribution is -2.07. The van der Waals surface area contributed by atoms with Crippen LogP contribution < -0.4 is 0 Å². The highest BCUT2D eigenvalue weighted by Gasteiger charge is 2.13. The van der Waals surface area contributed by atoms with Gasteiger partial charge >= 0.3 is 0 Å². The third-order valence-electron chi connectivity index (χ3n) is 2.33. The molecule has 2 heterocycles. The molecule has 0 spiro atoms. The Kier molecular flexibility index (Phi) is 2.63. The van der Waals surface area contributed by atoms with Crippen LogP contribution in [0.4, 0.5) is 0 Å². The minimum atomic E-state index is -0.0440. The molecule has 0 saturated carbocycles. The standard InChI is InChI=1S/C12H12N2O/c1-2-9-5-3-8-14-11(9)12(15)10-6-4-7-13-10/h3-8,13H,2H2,1H3. The smallest absolute Gasteiger partial charge is 0.227 e. The molecule has 0 aromatic carbocycles. The van der Waals surface area contributed by atoms with Gasteiger partial charge in [-0.25, -0.2) is 0 Å². The second kappa shape index (κ2) is 4.09. The number of aryl methyl sites for hydroxylation is 1. The number of nitrogens with one attached hydrogen (secondary N) is 1. The second-order valence-electron chi connectivity index (χ2n) is 3.28. The van der Waals surface area contributed by atoms with Crippen molar-refractivity contribution in [3.05, 3.63) is 53.6 Å². The van der Waals surface area contributed by atoms with E-state index in [0.717, 1.165) is 12.0 Å². The van der Waals surface area contributed by atoms with Gasteiger partial charge in [0, 0.05) is 12.4 Å². The van der Waals surface area contributed by atoms with Crippen LogP contribution in [0.25, 0.3) is 0 Å². The molecule has 0 aliphatic heterocycles. The Bertz CT molecular complexity index is 460. The van der Waals surface area contributed by atoms with E-state index in [1.165, 1.54) is 0 Å². The summed E-state index contributed by atoms with van der Waals surface area (Å²) >= 11 is 0. The molecule has 0 unspecified atom stereocenters. The zero-order valence-corrected chi connectivity index (χ0v) is 8.53. The number of aromatic nitrogens is 2. The molecular formula is C12H12N2O. The number of nitrogens with zero attached hydrogens (tertiary/aromatic N) is 1. The van der Waals surface area contributed by atoms with Gasteiger partial charge in [-0.1, -0.05) is 13.0 Å². The summed E-state index contributed by atoms with van der Waals surface area (Å²) in [7, 11) is 0. The Labute approximate surface area is 88.2 Å². The van der Waals surface area contributed by atoms with E-state index in [4.69, 9.17) is 0 Å². The second-order valence-corrected chi connectivity index (χ2v) is 3.28. The minimum absolute atomic E-state index is 0.0440. The molecule has 0 fully saturated rings. The van der Waals surface area contributed by atoms with Gasteiger partial charge in [0.1, 0.15) is 5.69 Å². The number of carbonyl (C=O) groups is 1. The van der Waals surface area contributed by atoms with Crippen molar-refractivity contribution in [1.82, 2.24) is 9.97 Å². The average molecular weight is 200 g/mol. The normalized spacial score (nSPS) is 10.2. The first-order valence-electron chi connectivity index (χ1n) is 4.95. The molecular weight excluding hydrogens is 188 g/mol. The maximum Gasteiger partial charge on any atom is 0.227 e. The predicted molar refractivity (Wildman–Crippen MR) is 57.8 cm³/mol. The summed E-state index contributed by atoms with van der Waals surface area (Å²) in [4.78, 5) is 19.0. The van der Waals surface area contributed by atoms with Crippen molar-refractivity contribution in [2.24, 2.45) is 0 Å². The minimum Gasteiger partial charge on any atom is -0.358 e. The largest absolute Gasteiger partial charge is 0.358 e. The van der Waals surface area contributed by atoms with Crippen molar-refractivity contribution in [3.8, 4) is 0 Å². The first-order valence-corrected chi connectivity index (χ1v) is 4.95. The van der Waals surface area contributed by atoms with Crippen LogP contribution >= 0.6 is 0 Å². The van der Waals surface area contributed by atoms with E-state index >= 15 is 0 Å². The number of carbonyl (C=O) groups excluding carboxylic acids is 1. The van der Waals surface area contributed by atoms with Crippen LogP contribution in [0, 0.1) is 0 Å². The first-order chi connectivity index (χ1) is 7.33. The summed E-state index contributed by atoms with van der Waals surface area (Å²) in [5.74, 6) is -0.0440. The van der Waals surface area contributed by atoms with Gasteiger partial charge in [0.2, 0.25) is 5.78 Å². The van der Waals surface area contributed by atoms with E-state index in [9.17, 15) is 4.79 Å². The van der Waals surface area contributed by atoms with Gasteiger partial charge in [0.05, 0.1) is 5.69 Å². The maximum atomic E-state index is 12.0. The molecule has 0 amide bonds. The predicted octanol–water partition coefficient (Wildman–Crippen LogP) is 2.20. The molecule has 0 saturated heterocycles. The number of hydrogen-bond donors (Lipinski definition) is 1. The van der Waals surface area contributed by atoms with Gasteiger partial charge in [-0.2, -0.15) is 0 Å². The SMILES string of the molecule is CCc1cccnc1C(=O)c1ccc[nH]1. The van der Waals surface area contributed by atoms with Crippen molar-refractivity contribution < 1.29 is 4.79 Å². The molecule has 2 rings (SSSR count). The number of aromatic amines is 1. The molecule has 3 heteroatoms. The molecule has 15 heavy (non-hydrogen) atoms.